The second kappa shape index (κ2) is 5.65. The van der Waals surface area contributed by atoms with Crippen LogP contribution in [0.3, 0.4) is 0 Å². The van der Waals surface area contributed by atoms with Gasteiger partial charge < -0.3 is 10.4 Å². The number of carbonyl (C=O) groups is 1. The van der Waals surface area contributed by atoms with Crippen molar-refractivity contribution in [3.63, 3.8) is 0 Å². The third kappa shape index (κ3) is 3.08. The Hall–Kier alpha value is -1.86. The van der Waals surface area contributed by atoms with Crippen molar-refractivity contribution in [3.8, 4) is 0 Å². The lowest BCUT2D eigenvalue weighted by atomic mass is 10.2. The minimum Gasteiger partial charge on any atom is -0.478 e. The SMILES string of the molecule is C=CCNc1ccc(S(=O)(=O)NC)cc1C(=O)O. The van der Waals surface area contributed by atoms with Gasteiger partial charge in [-0.25, -0.2) is 17.9 Å². The largest absolute Gasteiger partial charge is 0.478 e. The lowest BCUT2D eigenvalue weighted by Crippen LogP contribution is -2.19. The van der Waals surface area contributed by atoms with E-state index in [1.165, 1.54) is 19.2 Å². The Morgan fingerprint density at radius 1 is 1.50 bits per heavy atom. The van der Waals surface area contributed by atoms with Crippen molar-refractivity contribution in [1.82, 2.24) is 4.72 Å². The molecule has 0 fully saturated rings. The second-order valence-corrected chi connectivity index (χ2v) is 5.28. The molecule has 0 aliphatic heterocycles. The highest BCUT2D eigenvalue weighted by atomic mass is 32.2. The number of rotatable bonds is 6. The Morgan fingerprint density at radius 3 is 2.67 bits per heavy atom. The predicted molar refractivity (Wildman–Crippen MR) is 68.3 cm³/mol. The fourth-order valence-electron chi connectivity index (χ4n) is 1.32. The van der Waals surface area contributed by atoms with Crippen LogP contribution in [0.5, 0.6) is 0 Å². The summed E-state index contributed by atoms with van der Waals surface area (Å²) in [5, 5.41) is 11.9. The average Bonchev–Trinajstić information content (AvgIpc) is 2.35. The molecule has 1 rings (SSSR count). The monoisotopic (exact) mass is 270 g/mol. The van der Waals surface area contributed by atoms with Crippen LogP contribution in [-0.2, 0) is 10.0 Å². The highest BCUT2D eigenvalue weighted by Crippen LogP contribution is 2.20. The maximum absolute atomic E-state index is 11.6. The molecule has 3 N–H and O–H groups in total. The lowest BCUT2D eigenvalue weighted by Gasteiger charge is -2.10. The predicted octanol–water partition coefficient (Wildman–Crippen LogP) is 0.891. The van der Waals surface area contributed by atoms with E-state index in [1.807, 2.05) is 0 Å². The fourth-order valence-corrected chi connectivity index (χ4v) is 2.08. The summed E-state index contributed by atoms with van der Waals surface area (Å²) >= 11 is 0. The maximum Gasteiger partial charge on any atom is 0.337 e. The lowest BCUT2D eigenvalue weighted by molar-refractivity contribution is 0.0697. The molecule has 1 aromatic carbocycles. The molecule has 0 aromatic heterocycles. The zero-order chi connectivity index (χ0) is 13.8. The van der Waals surface area contributed by atoms with Crippen molar-refractivity contribution in [2.45, 2.75) is 4.90 Å². The molecule has 0 unspecified atom stereocenters. The van der Waals surface area contributed by atoms with E-state index in [9.17, 15) is 13.2 Å². The van der Waals surface area contributed by atoms with Gasteiger partial charge in [0.2, 0.25) is 10.0 Å². The minimum absolute atomic E-state index is 0.0912. The van der Waals surface area contributed by atoms with Crippen LogP contribution >= 0.6 is 0 Å². The smallest absolute Gasteiger partial charge is 0.337 e. The van der Waals surface area contributed by atoms with Gasteiger partial charge in [0, 0.05) is 12.2 Å². The molecule has 1 aromatic rings. The van der Waals surface area contributed by atoms with E-state index in [0.717, 1.165) is 6.07 Å². The van der Waals surface area contributed by atoms with Gasteiger partial charge in [-0.15, -0.1) is 6.58 Å². The van der Waals surface area contributed by atoms with E-state index in [1.54, 1.807) is 6.08 Å². The van der Waals surface area contributed by atoms with Crippen LogP contribution in [0, 0.1) is 0 Å². The van der Waals surface area contributed by atoms with Crippen LogP contribution in [0.2, 0.25) is 0 Å². The van der Waals surface area contributed by atoms with E-state index in [2.05, 4.69) is 16.6 Å². The molecular formula is C11H14N2O4S. The first-order valence-corrected chi connectivity index (χ1v) is 6.56. The molecular weight excluding hydrogens is 256 g/mol. The van der Waals surface area contributed by atoms with Gasteiger partial charge in [0.25, 0.3) is 0 Å². The zero-order valence-corrected chi connectivity index (χ0v) is 10.6. The van der Waals surface area contributed by atoms with Crippen LogP contribution in [-0.4, -0.2) is 33.1 Å². The zero-order valence-electron chi connectivity index (χ0n) is 9.80. The van der Waals surface area contributed by atoms with E-state index in [4.69, 9.17) is 5.11 Å². The Kier molecular flexibility index (Phi) is 4.46. The standard InChI is InChI=1S/C11H14N2O4S/c1-3-6-13-10-5-4-8(18(16,17)12-2)7-9(10)11(14)15/h3-5,7,12-13H,1,6H2,2H3,(H,14,15). The van der Waals surface area contributed by atoms with Gasteiger partial charge in [-0.2, -0.15) is 0 Å². The number of sulfonamides is 1. The van der Waals surface area contributed by atoms with Crippen LogP contribution in [0.15, 0.2) is 35.7 Å². The first-order valence-electron chi connectivity index (χ1n) is 5.08. The highest BCUT2D eigenvalue weighted by Gasteiger charge is 2.17. The molecule has 0 bridgehead atoms. The van der Waals surface area contributed by atoms with Crippen molar-refractivity contribution in [3.05, 3.63) is 36.4 Å². The number of aromatic carboxylic acids is 1. The molecule has 0 saturated heterocycles. The van der Waals surface area contributed by atoms with Crippen LogP contribution in [0.25, 0.3) is 0 Å². The normalized spacial score (nSPS) is 10.9. The van der Waals surface area contributed by atoms with Crippen molar-refractivity contribution in [2.24, 2.45) is 0 Å². The molecule has 18 heavy (non-hydrogen) atoms. The Bertz CT molecular complexity index is 566. The molecule has 0 heterocycles. The summed E-state index contributed by atoms with van der Waals surface area (Å²) in [5.74, 6) is -1.20. The summed E-state index contributed by atoms with van der Waals surface area (Å²) in [6.45, 7) is 3.89. The van der Waals surface area contributed by atoms with Crippen LogP contribution in [0.1, 0.15) is 10.4 Å². The van der Waals surface area contributed by atoms with Crippen molar-refractivity contribution in [2.75, 3.05) is 18.9 Å². The van der Waals surface area contributed by atoms with E-state index in [0.29, 0.717) is 12.2 Å². The van der Waals surface area contributed by atoms with Crippen molar-refractivity contribution in [1.29, 1.82) is 0 Å². The van der Waals surface area contributed by atoms with Gasteiger partial charge in [-0.3, -0.25) is 0 Å². The number of carboxylic acids is 1. The number of benzene rings is 1. The maximum atomic E-state index is 11.6. The van der Waals surface area contributed by atoms with Crippen molar-refractivity contribution < 1.29 is 18.3 Å². The second-order valence-electron chi connectivity index (χ2n) is 3.39. The third-order valence-corrected chi connectivity index (χ3v) is 3.65. The van der Waals surface area contributed by atoms with Gasteiger partial charge in [0.05, 0.1) is 10.5 Å². The van der Waals surface area contributed by atoms with Gasteiger partial charge in [-0.1, -0.05) is 6.08 Å². The minimum atomic E-state index is -3.65. The molecule has 0 spiro atoms. The summed E-state index contributed by atoms with van der Waals surface area (Å²) < 4.78 is 25.3. The van der Waals surface area contributed by atoms with Gasteiger partial charge in [0.15, 0.2) is 0 Å². The molecule has 0 aliphatic rings. The molecule has 0 atom stereocenters. The molecule has 7 heteroatoms. The molecule has 98 valence electrons. The molecule has 0 amide bonds. The number of carboxylic acid groups (broad SMARTS) is 1. The van der Waals surface area contributed by atoms with Crippen LogP contribution < -0.4 is 10.0 Å². The topological polar surface area (TPSA) is 95.5 Å². The van der Waals surface area contributed by atoms with Crippen LogP contribution in [0.4, 0.5) is 5.69 Å². The summed E-state index contributed by atoms with van der Waals surface area (Å²) in [6, 6.07) is 3.86. The molecule has 0 radical (unpaired) electrons. The summed E-state index contributed by atoms with van der Waals surface area (Å²) in [7, 11) is -2.39. The van der Waals surface area contributed by atoms with E-state index < -0.39 is 16.0 Å². The summed E-state index contributed by atoms with van der Waals surface area (Å²) in [6.07, 6.45) is 1.57. The summed E-state index contributed by atoms with van der Waals surface area (Å²) in [5.41, 5.74) is 0.241. The Balaban J connectivity index is 3.27. The molecule has 6 nitrogen and oxygen atoms in total. The quantitative estimate of drug-likeness (QED) is 0.667. The van der Waals surface area contributed by atoms with E-state index >= 15 is 0 Å². The third-order valence-electron chi connectivity index (χ3n) is 2.24. The summed E-state index contributed by atoms with van der Waals surface area (Å²) in [4.78, 5) is 11.0. The van der Waals surface area contributed by atoms with Gasteiger partial charge in [0.1, 0.15) is 0 Å². The fraction of sp³-hybridized carbons (Fsp3) is 0.182. The Labute approximate surface area is 105 Å². The number of nitrogens with one attached hydrogen (secondary N) is 2. The highest BCUT2D eigenvalue weighted by molar-refractivity contribution is 7.89. The Morgan fingerprint density at radius 2 is 2.17 bits per heavy atom. The van der Waals surface area contributed by atoms with Crippen molar-refractivity contribution >= 4 is 21.7 Å². The molecule has 0 aliphatic carbocycles. The number of anilines is 1. The first-order chi connectivity index (χ1) is 8.42. The van der Waals surface area contributed by atoms with Gasteiger partial charge in [-0.05, 0) is 25.2 Å². The van der Waals surface area contributed by atoms with E-state index in [-0.39, 0.29) is 10.5 Å². The van der Waals surface area contributed by atoms with Gasteiger partial charge >= 0.3 is 5.97 Å². The molecule has 0 saturated carbocycles. The first kappa shape index (κ1) is 14.2. The average molecular weight is 270 g/mol. The number of hydrogen-bond donors (Lipinski definition) is 3. The number of hydrogen-bond acceptors (Lipinski definition) is 4.